The lowest BCUT2D eigenvalue weighted by Crippen LogP contribution is -2.20. The molecule has 0 bridgehead atoms. The van der Waals surface area contributed by atoms with E-state index in [4.69, 9.17) is 14.9 Å². The van der Waals surface area contributed by atoms with Crippen LogP contribution >= 0.6 is 0 Å². The molecule has 4 aromatic rings. The molecule has 160 valence electrons. The third-order valence-electron chi connectivity index (χ3n) is 4.84. The van der Waals surface area contributed by atoms with Crippen LogP contribution in [0, 0.1) is 11.2 Å². The average Bonchev–Trinajstić information content (AvgIpc) is 2.81. The zero-order valence-electron chi connectivity index (χ0n) is 17.4. The number of hydrogen-bond acceptors (Lipinski definition) is 4. The minimum atomic E-state index is -0.560. The maximum atomic E-state index is 13.3. The van der Waals surface area contributed by atoms with Crippen molar-refractivity contribution in [1.82, 2.24) is 4.57 Å². The molecule has 32 heavy (non-hydrogen) atoms. The van der Waals surface area contributed by atoms with Crippen LogP contribution in [0.25, 0.3) is 22.4 Å². The first-order valence-electron chi connectivity index (χ1n) is 10.1. The highest BCUT2D eigenvalue weighted by Gasteiger charge is 2.15. The minimum Gasteiger partial charge on any atom is -0.457 e. The quantitative estimate of drug-likeness (QED) is 0.409. The van der Waals surface area contributed by atoms with E-state index in [1.165, 1.54) is 16.7 Å². The van der Waals surface area contributed by atoms with Gasteiger partial charge in [0.25, 0.3) is 0 Å². The third-order valence-corrected chi connectivity index (χ3v) is 4.84. The van der Waals surface area contributed by atoms with Gasteiger partial charge in [0, 0.05) is 11.8 Å². The fourth-order valence-corrected chi connectivity index (χ4v) is 3.30. The number of carbonyl (C=O) groups is 1. The standard InChI is InChI=1S/C26H21FN2O3/c1-2-31-26(30)29-17-23(18-8-12-20(27)13-9-18)24(28)16-25(29)19-10-14-22(15-11-19)32-21-6-4-3-5-7-21/h3-17,28H,2H2,1H3. The van der Waals surface area contributed by atoms with Crippen LogP contribution in [0.2, 0.25) is 0 Å². The molecule has 0 aliphatic carbocycles. The van der Waals surface area contributed by atoms with E-state index in [2.05, 4.69) is 0 Å². The Hall–Kier alpha value is -4.19. The molecule has 0 unspecified atom stereocenters. The summed E-state index contributed by atoms with van der Waals surface area (Å²) in [5.41, 5.74) is 2.35. The molecule has 1 aromatic heterocycles. The molecular formula is C26H21FN2O3. The van der Waals surface area contributed by atoms with Crippen molar-refractivity contribution in [3.8, 4) is 33.9 Å². The number of benzene rings is 3. The summed E-state index contributed by atoms with van der Waals surface area (Å²) < 4.78 is 25.7. The van der Waals surface area contributed by atoms with Crippen LogP contribution in [0.15, 0.2) is 91.1 Å². The van der Waals surface area contributed by atoms with Crippen molar-refractivity contribution in [3.05, 3.63) is 102 Å². The Kier molecular flexibility index (Phi) is 6.12. The van der Waals surface area contributed by atoms with Crippen molar-refractivity contribution in [2.45, 2.75) is 6.92 Å². The zero-order valence-corrected chi connectivity index (χ0v) is 17.4. The highest BCUT2D eigenvalue weighted by atomic mass is 19.1. The van der Waals surface area contributed by atoms with Gasteiger partial charge < -0.3 is 14.9 Å². The average molecular weight is 428 g/mol. The van der Waals surface area contributed by atoms with Gasteiger partial charge in [-0.05, 0) is 72.6 Å². The van der Waals surface area contributed by atoms with Crippen LogP contribution in [-0.4, -0.2) is 17.3 Å². The molecule has 0 saturated heterocycles. The van der Waals surface area contributed by atoms with E-state index in [0.29, 0.717) is 22.6 Å². The molecule has 6 heteroatoms. The molecule has 0 saturated carbocycles. The highest BCUT2D eigenvalue weighted by Crippen LogP contribution is 2.27. The minimum absolute atomic E-state index is 0.205. The molecule has 5 nitrogen and oxygen atoms in total. The van der Waals surface area contributed by atoms with E-state index in [-0.39, 0.29) is 17.8 Å². The Bertz CT molecular complexity index is 1280. The van der Waals surface area contributed by atoms with Crippen molar-refractivity contribution < 1.29 is 18.7 Å². The Morgan fingerprint density at radius 2 is 1.53 bits per heavy atom. The summed E-state index contributed by atoms with van der Waals surface area (Å²) in [6.07, 6.45) is 0.993. The summed E-state index contributed by atoms with van der Waals surface area (Å²) in [4.78, 5) is 12.7. The summed E-state index contributed by atoms with van der Waals surface area (Å²) in [5.74, 6) is 1.00. The molecule has 0 aliphatic heterocycles. The molecule has 4 rings (SSSR count). The van der Waals surface area contributed by atoms with Gasteiger partial charge in [-0.15, -0.1) is 0 Å². The number of pyridine rings is 1. The van der Waals surface area contributed by atoms with E-state index >= 15 is 0 Å². The third kappa shape index (κ3) is 4.59. The Morgan fingerprint density at radius 1 is 0.906 bits per heavy atom. The molecule has 0 aliphatic rings. The largest absolute Gasteiger partial charge is 0.457 e. The number of para-hydroxylation sites is 1. The Labute approximate surface area is 184 Å². The first-order valence-corrected chi connectivity index (χ1v) is 10.1. The second-order valence-electron chi connectivity index (χ2n) is 7.00. The van der Waals surface area contributed by atoms with Crippen LogP contribution < -0.4 is 10.1 Å². The van der Waals surface area contributed by atoms with Gasteiger partial charge >= 0.3 is 6.09 Å². The first kappa shape index (κ1) is 21.1. The van der Waals surface area contributed by atoms with E-state index < -0.39 is 6.09 Å². The number of rotatable bonds is 5. The fourth-order valence-electron chi connectivity index (χ4n) is 3.30. The van der Waals surface area contributed by atoms with Gasteiger partial charge in [0.15, 0.2) is 0 Å². The first-order chi connectivity index (χ1) is 15.5. The lowest BCUT2D eigenvalue weighted by Gasteiger charge is -2.15. The number of nitrogens with one attached hydrogen (secondary N) is 1. The van der Waals surface area contributed by atoms with E-state index in [9.17, 15) is 9.18 Å². The molecule has 0 radical (unpaired) electrons. The number of nitrogens with zero attached hydrogens (tertiary/aromatic N) is 1. The predicted octanol–water partition coefficient (Wildman–Crippen LogP) is 6.24. The number of carbonyl (C=O) groups excluding carboxylic acids is 1. The summed E-state index contributed by atoms with van der Waals surface area (Å²) in [7, 11) is 0. The predicted molar refractivity (Wildman–Crippen MR) is 120 cm³/mol. The molecule has 0 fully saturated rings. The number of ether oxygens (including phenoxy) is 2. The van der Waals surface area contributed by atoms with Gasteiger partial charge in [-0.25, -0.2) is 9.18 Å². The van der Waals surface area contributed by atoms with Gasteiger partial charge in [0.2, 0.25) is 0 Å². The van der Waals surface area contributed by atoms with E-state index in [1.807, 2.05) is 42.5 Å². The van der Waals surface area contributed by atoms with Crippen LogP contribution in [0.4, 0.5) is 9.18 Å². The summed E-state index contributed by atoms with van der Waals surface area (Å²) >= 11 is 0. The maximum absolute atomic E-state index is 13.3. The summed E-state index contributed by atoms with van der Waals surface area (Å²) in [6.45, 7) is 1.94. The molecule has 0 atom stereocenters. The SMILES string of the molecule is CCOC(=O)n1cc(-c2ccc(F)cc2)c(=N)cc1-c1ccc(Oc2ccccc2)cc1. The molecule has 1 heterocycles. The van der Waals surface area contributed by atoms with Gasteiger partial charge in [-0.1, -0.05) is 30.3 Å². The highest BCUT2D eigenvalue weighted by molar-refractivity contribution is 5.80. The van der Waals surface area contributed by atoms with Gasteiger partial charge in [0.05, 0.1) is 17.7 Å². The zero-order chi connectivity index (χ0) is 22.5. The number of halogens is 1. The lowest BCUT2D eigenvalue weighted by atomic mass is 10.0. The van der Waals surface area contributed by atoms with Crippen molar-refractivity contribution in [1.29, 1.82) is 5.41 Å². The van der Waals surface area contributed by atoms with Gasteiger partial charge in [0.1, 0.15) is 17.3 Å². The van der Waals surface area contributed by atoms with Crippen LogP contribution in [0.5, 0.6) is 11.5 Å². The van der Waals surface area contributed by atoms with Crippen molar-refractivity contribution in [2.24, 2.45) is 0 Å². The van der Waals surface area contributed by atoms with Gasteiger partial charge in [-0.2, -0.15) is 0 Å². The van der Waals surface area contributed by atoms with Crippen LogP contribution in [0.1, 0.15) is 6.92 Å². The number of aromatic nitrogens is 1. The van der Waals surface area contributed by atoms with Crippen LogP contribution in [0.3, 0.4) is 0 Å². The monoisotopic (exact) mass is 428 g/mol. The normalized spacial score (nSPS) is 10.6. The second-order valence-corrected chi connectivity index (χ2v) is 7.00. The van der Waals surface area contributed by atoms with Crippen molar-refractivity contribution in [2.75, 3.05) is 6.61 Å². The van der Waals surface area contributed by atoms with Crippen molar-refractivity contribution in [3.63, 3.8) is 0 Å². The molecule has 0 spiro atoms. The topological polar surface area (TPSA) is 64.3 Å². The van der Waals surface area contributed by atoms with E-state index in [0.717, 1.165) is 11.3 Å². The van der Waals surface area contributed by atoms with Crippen molar-refractivity contribution >= 4 is 6.09 Å². The Morgan fingerprint density at radius 3 is 2.19 bits per heavy atom. The second kappa shape index (κ2) is 9.31. The van der Waals surface area contributed by atoms with Crippen LogP contribution in [-0.2, 0) is 4.74 Å². The maximum Gasteiger partial charge on any atom is 0.418 e. The fraction of sp³-hybridized carbons (Fsp3) is 0.0769. The van der Waals surface area contributed by atoms with E-state index in [1.54, 1.807) is 43.5 Å². The van der Waals surface area contributed by atoms with Gasteiger partial charge in [-0.3, -0.25) is 4.57 Å². The summed E-state index contributed by atoms with van der Waals surface area (Å²) in [6, 6.07) is 24.1. The summed E-state index contributed by atoms with van der Waals surface area (Å²) in [5, 5.41) is 8.70. The molecule has 1 N–H and O–H groups in total. The molecule has 0 amide bonds. The number of hydrogen-bond donors (Lipinski definition) is 1. The molecular weight excluding hydrogens is 407 g/mol. The lowest BCUT2D eigenvalue weighted by molar-refractivity contribution is 0.154. The smallest absolute Gasteiger partial charge is 0.418 e. The molecule has 3 aromatic carbocycles. The Balaban J connectivity index is 1.74.